The van der Waals surface area contributed by atoms with Gasteiger partial charge in [0.15, 0.2) is 6.61 Å². The molecule has 1 rings (SSSR count). The van der Waals surface area contributed by atoms with Gasteiger partial charge in [0.1, 0.15) is 0 Å². The Morgan fingerprint density at radius 2 is 1.89 bits per heavy atom. The molecule has 1 saturated carbocycles. The summed E-state index contributed by atoms with van der Waals surface area (Å²) in [6, 6.07) is 0. The largest absolute Gasteiger partial charge is 0.414 e. The van der Waals surface area contributed by atoms with E-state index >= 15 is 0 Å². The van der Waals surface area contributed by atoms with Crippen molar-refractivity contribution >= 4 is 5.91 Å². The summed E-state index contributed by atoms with van der Waals surface area (Å²) < 4.78 is 35.7. The number of carbonyl (C=O) groups is 1. The van der Waals surface area contributed by atoms with E-state index in [1.54, 1.807) is 0 Å². The van der Waals surface area contributed by atoms with Crippen LogP contribution in [0.15, 0.2) is 0 Å². The van der Waals surface area contributed by atoms with Gasteiger partial charge in [-0.25, -0.2) is 5.48 Å². The predicted octanol–water partition coefficient (Wildman–Crippen LogP) is 3.20. The maximum atomic E-state index is 12.0. The summed E-state index contributed by atoms with van der Waals surface area (Å²) in [6.45, 7) is 2.56. The molecule has 0 aromatic carbocycles. The third-order valence-electron chi connectivity index (χ3n) is 3.24. The molecule has 0 aromatic rings. The van der Waals surface area contributed by atoms with Crippen LogP contribution < -0.4 is 5.48 Å². The molecular weight excluding hydrogens is 247 g/mol. The van der Waals surface area contributed by atoms with Crippen molar-refractivity contribution in [2.45, 2.75) is 52.1 Å². The first-order valence-electron chi connectivity index (χ1n) is 6.24. The highest BCUT2D eigenvalue weighted by Gasteiger charge is 2.42. The summed E-state index contributed by atoms with van der Waals surface area (Å²) in [6.07, 6.45) is -0.389. The second-order valence-corrected chi connectivity index (χ2v) is 5.42. The van der Waals surface area contributed by atoms with Gasteiger partial charge in [-0.05, 0) is 25.2 Å². The van der Waals surface area contributed by atoms with Crippen LogP contribution in [0.1, 0.15) is 46.0 Å². The van der Waals surface area contributed by atoms with Gasteiger partial charge in [-0.1, -0.05) is 26.7 Å². The van der Waals surface area contributed by atoms with E-state index in [9.17, 15) is 18.0 Å². The molecule has 0 aromatic heterocycles. The Balaban J connectivity index is 2.50. The number of hydrogen-bond acceptors (Lipinski definition) is 2. The summed E-state index contributed by atoms with van der Waals surface area (Å²) in [5, 5.41) is 0. The first-order chi connectivity index (χ1) is 8.25. The fourth-order valence-corrected chi connectivity index (χ4v) is 2.65. The van der Waals surface area contributed by atoms with Crippen molar-refractivity contribution in [3.8, 4) is 0 Å². The molecule has 1 fully saturated rings. The Hall–Kier alpha value is -0.780. The van der Waals surface area contributed by atoms with Crippen LogP contribution in [0.2, 0.25) is 0 Å². The lowest BCUT2D eigenvalue weighted by Crippen LogP contribution is -2.41. The SMILES string of the molecule is CC(C)CC1(C(=O)NOCC(F)(F)F)CCCC1. The number of rotatable bonds is 5. The highest BCUT2D eigenvalue weighted by atomic mass is 19.4. The summed E-state index contributed by atoms with van der Waals surface area (Å²) in [5.41, 5.74) is 1.43. The number of carbonyl (C=O) groups excluding carboxylic acids is 1. The lowest BCUT2D eigenvalue weighted by atomic mass is 9.78. The van der Waals surface area contributed by atoms with Crippen molar-refractivity contribution in [3.63, 3.8) is 0 Å². The van der Waals surface area contributed by atoms with E-state index in [1.807, 2.05) is 19.3 Å². The van der Waals surface area contributed by atoms with Crippen LogP contribution >= 0.6 is 0 Å². The van der Waals surface area contributed by atoms with Gasteiger partial charge < -0.3 is 0 Å². The van der Waals surface area contributed by atoms with Crippen LogP contribution in [0.3, 0.4) is 0 Å². The predicted molar refractivity (Wildman–Crippen MR) is 60.5 cm³/mol. The fourth-order valence-electron chi connectivity index (χ4n) is 2.65. The number of amides is 1. The van der Waals surface area contributed by atoms with Crippen molar-refractivity contribution in [2.24, 2.45) is 11.3 Å². The quantitative estimate of drug-likeness (QED) is 0.777. The molecule has 0 spiro atoms. The maximum Gasteiger partial charge on any atom is 0.414 e. The summed E-state index contributed by atoms with van der Waals surface area (Å²) in [5.74, 6) is -0.0746. The number of hydroxylamine groups is 1. The molecule has 1 amide bonds. The van der Waals surface area contributed by atoms with E-state index in [2.05, 4.69) is 4.84 Å². The normalized spacial score (nSPS) is 19.2. The zero-order valence-corrected chi connectivity index (χ0v) is 10.8. The van der Waals surface area contributed by atoms with E-state index in [-0.39, 0.29) is 0 Å². The molecule has 0 radical (unpaired) electrons. The molecule has 0 atom stereocenters. The van der Waals surface area contributed by atoms with Gasteiger partial charge in [0.25, 0.3) is 0 Å². The van der Waals surface area contributed by atoms with Gasteiger partial charge in [0.05, 0.1) is 5.41 Å². The minimum Gasteiger partial charge on any atom is -0.272 e. The first kappa shape index (κ1) is 15.3. The zero-order chi connectivity index (χ0) is 13.8. The Kier molecular flexibility index (Phi) is 5.01. The minimum absolute atomic E-state index is 0.330. The molecular formula is C12H20F3NO2. The Morgan fingerprint density at radius 3 is 2.33 bits per heavy atom. The monoisotopic (exact) mass is 267 g/mol. The molecule has 6 heteroatoms. The van der Waals surface area contributed by atoms with Gasteiger partial charge in [-0.3, -0.25) is 9.63 Å². The zero-order valence-electron chi connectivity index (χ0n) is 10.8. The second kappa shape index (κ2) is 5.91. The Bertz CT molecular complexity index is 284. The average molecular weight is 267 g/mol. The topological polar surface area (TPSA) is 38.3 Å². The molecule has 0 unspecified atom stereocenters. The van der Waals surface area contributed by atoms with Crippen LogP contribution in [0.25, 0.3) is 0 Å². The average Bonchev–Trinajstić information content (AvgIpc) is 2.64. The third kappa shape index (κ3) is 4.48. The highest BCUT2D eigenvalue weighted by molar-refractivity contribution is 5.82. The van der Waals surface area contributed by atoms with Crippen LogP contribution in [0.5, 0.6) is 0 Å². The van der Waals surface area contributed by atoms with Crippen LogP contribution in [-0.4, -0.2) is 18.7 Å². The number of halogens is 3. The molecule has 0 bridgehead atoms. The van der Waals surface area contributed by atoms with Crippen molar-refractivity contribution in [3.05, 3.63) is 0 Å². The molecule has 1 N–H and O–H groups in total. The standard InChI is InChI=1S/C12H20F3NO2/c1-9(2)7-11(5-3-4-6-11)10(17)16-18-8-12(13,14)15/h9H,3-8H2,1-2H3,(H,16,17). The molecule has 0 aliphatic heterocycles. The van der Waals surface area contributed by atoms with E-state index in [0.717, 1.165) is 25.7 Å². The summed E-state index contributed by atoms with van der Waals surface area (Å²) in [4.78, 5) is 16.2. The second-order valence-electron chi connectivity index (χ2n) is 5.42. The van der Waals surface area contributed by atoms with Gasteiger partial charge in [0, 0.05) is 0 Å². The first-order valence-corrected chi connectivity index (χ1v) is 6.24. The van der Waals surface area contributed by atoms with Gasteiger partial charge >= 0.3 is 6.18 Å². The molecule has 0 saturated heterocycles. The van der Waals surface area contributed by atoms with Gasteiger partial charge in [-0.15, -0.1) is 0 Å². The van der Waals surface area contributed by atoms with Gasteiger partial charge in [-0.2, -0.15) is 13.2 Å². The van der Waals surface area contributed by atoms with E-state index in [1.165, 1.54) is 0 Å². The van der Waals surface area contributed by atoms with Crippen LogP contribution in [0.4, 0.5) is 13.2 Å². The number of alkyl halides is 3. The summed E-state index contributed by atoms with van der Waals surface area (Å²) in [7, 11) is 0. The van der Waals surface area contributed by atoms with E-state index < -0.39 is 24.1 Å². The van der Waals surface area contributed by atoms with E-state index in [0.29, 0.717) is 12.3 Å². The third-order valence-corrected chi connectivity index (χ3v) is 3.24. The lowest BCUT2D eigenvalue weighted by molar-refractivity contribution is -0.194. The van der Waals surface area contributed by atoms with Crippen molar-refractivity contribution in [1.82, 2.24) is 5.48 Å². The Morgan fingerprint density at radius 1 is 1.33 bits per heavy atom. The molecule has 18 heavy (non-hydrogen) atoms. The van der Waals surface area contributed by atoms with Crippen LogP contribution in [-0.2, 0) is 9.63 Å². The summed E-state index contributed by atoms with van der Waals surface area (Å²) >= 11 is 0. The number of nitrogens with one attached hydrogen (secondary N) is 1. The molecule has 1 aliphatic carbocycles. The molecule has 106 valence electrons. The lowest BCUT2D eigenvalue weighted by Gasteiger charge is -2.29. The minimum atomic E-state index is -4.42. The Labute approximate surface area is 105 Å². The molecule has 0 heterocycles. The van der Waals surface area contributed by atoms with Crippen LogP contribution in [0, 0.1) is 11.3 Å². The molecule has 1 aliphatic rings. The number of hydrogen-bond donors (Lipinski definition) is 1. The highest BCUT2D eigenvalue weighted by Crippen LogP contribution is 2.43. The van der Waals surface area contributed by atoms with Crippen molar-refractivity contribution < 1.29 is 22.8 Å². The molecule has 3 nitrogen and oxygen atoms in total. The smallest absolute Gasteiger partial charge is 0.272 e. The van der Waals surface area contributed by atoms with E-state index in [4.69, 9.17) is 0 Å². The van der Waals surface area contributed by atoms with Crippen molar-refractivity contribution in [1.29, 1.82) is 0 Å². The van der Waals surface area contributed by atoms with Gasteiger partial charge in [0.2, 0.25) is 5.91 Å². The van der Waals surface area contributed by atoms with Crippen molar-refractivity contribution in [2.75, 3.05) is 6.61 Å². The maximum absolute atomic E-state index is 12.0. The fraction of sp³-hybridized carbons (Fsp3) is 0.917.